The van der Waals surface area contributed by atoms with Gasteiger partial charge in [-0.2, -0.15) is 0 Å². The normalized spacial score (nSPS) is 50.0. The predicted octanol–water partition coefficient (Wildman–Crippen LogP) is 7.72. The van der Waals surface area contributed by atoms with E-state index in [1.54, 1.807) is 51.4 Å². The van der Waals surface area contributed by atoms with Crippen molar-refractivity contribution in [3.05, 3.63) is 0 Å². The second-order valence-electron chi connectivity index (χ2n) is 12.3. The lowest BCUT2D eigenvalue weighted by Gasteiger charge is -2.56. The number of rotatable bonds is 2. The van der Waals surface area contributed by atoms with Gasteiger partial charge < -0.3 is 0 Å². The van der Waals surface area contributed by atoms with E-state index >= 15 is 0 Å². The molecule has 0 spiro atoms. The van der Waals surface area contributed by atoms with Crippen molar-refractivity contribution in [3.63, 3.8) is 0 Å². The van der Waals surface area contributed by atoms with Gasteiger partial charge in [0.1, 0.15) is 0 Å². The van der Waals surface area contributed by atoms with Crippen LogP contribution in [0, 0.1) is 52.3 Å². The minimum Gasteiger partial charge on any atom is -0.0625 e. The summed E-state index contributed by atoms with van der Waals surface area (Å²) in [5.41, 5.74) is 1.21. The maximum absolute atomic E-state index is 2.73. The third-order valence-electron chi connectivity index (χ3n) is 9.66. The number of hydrogen-bond acceptors (Lipinski definition) is 0. The quantitative estimate of drug-likeness (QED) is 0.481. The smallest absolute Gasteiger partial charge is 0.0266 e. The van der Waals surface area contributed by atoms with Crippen LogP contribution in [0.1, 0.15) is 105 Å². The largest absolute Gasteiger partial charge is 0.0625 e. The Morgan fingerprint density at radius 1 is 0.840 bits per heavy atom. The van der Waals surface area contributed by atoms with Crippen molar-refractivity contribution < 1.29 is 0 Å². The molecule has 0 nitrogen and oxygen atoms in total. The molecule has 0 N–H and O–H groups in total. The molecule has 144 valence electrons. The van der Waals surface area contributed by atoms with Crippen LogP contribution in [0.4, 0.5) is 0 Å². The molecule has 4 saturated carbocycles. The second kappa shape index (κ2) is 6.56. The topological polar surface area (TPSA) is 0 Å². The van der Waals surface area contributed by atoms with Crippen molar-refractivity contribution in [3.8, 4) is 0 Å². The first-order valence-corrected chi connectivity index (χ1v) is 11.8. The Morgan fingerprint density at radius 2 is 1.60 bits per heavy atom. The Kier molecular flexibility index (Phi) is 4.82. The van der Waals surface area contributed by atoms with Crippen molar-refractivity contribution >= 4 is 0 Å². The Labute approximate surface area is 157 Å². The van der Waals surface area contributed by atoms with E-state index in [1.165, 1.54) is 19.3 Å². The Morgan fingerprint density at radius 3 is 2.36 bits per heavy atom. The molecule has 4 aliphatic carbocycles. The summed E-state index contributed by atoms with van der Waals surface area (Å²) in [5.74, 6) is 7.57. The lowest BCUT2D eigenvalue weighted by molar-refractivity contribution is -0.0685. The van der Waals surface area contributed by atoms with E-state index in [4.69, 9.17) is 0 Å². The van der Waals surface area contributed by atoms with Crippen molar-refractivity contribution in [2.75, 3.05) is 0 Å². The van der Waals surface area contributed by atoms with Gasteiger partial charge in [-0.05, 0) is 116 Å². The molecule has 8 atom stereocenters. The molecule has 0 aromatic rings. The van der Waals surface area contributed by atoms with Crippen molar-refractivity contribution in [2.45, 2.75) is 105 Å². The summed E-state index contributed by atoms with van der Waals surface area (Å²) in [6.07, 6.45) is 17.0. The van der Waals surface area contributed by atoms with Gasteiger partial charge in [0.25, 0.3) is 0 Å². The maximum Gasteiger partial charge on any atom is -0.0266 e. The zero-order valence-electron chi connectivity index (χ0n) is 17.8. The highest BCUT2D eigenvalue weighted by molar-refractivity contribution is 5.05. The molecule has 25 heavy (non-hydrogen) atoms. The van der Waals surface area contributed by atoms with E-state index in [1.807, 2.05) is 0 Å². The zero-order chi connectivity index (χ0) is 17.8. The molecule has 0 bridgehead atoms. The number of hydrogen-bond donors (Lipinski definition) is 0. The summed E-state index contributed by atoms with van der Waals surface area (Å²) in [6, 6.07) is 0. The molecule has 0 heteroatoms. The average molecular weight is 345 g/mol. The van der Waals surface area contributed by atoms with E-state index in [0.717, 1.165) is 41.4 Å². The third kappa shape index (κ3) is 3.34. The molecule has 0 saturated heterocycles. The molecule has 0 radical (unpaired) electrons. The first-order chi connectivity index (χ1) is 11.8. The molecule has 4 aliphatic rings. The van der Waals surface area contributed by atoms with E-state index in [9.17, 15) is 0 Å². The SMILES string of the molecule is CC1CCC2C(CCC3C2CCC2(C)C(CCC(C)(C)C)CCC32)C1. The Balaban J connectivity index is 1.46. The molecule has 8 unspecified atom stereocenters. The van der Waals surface area contributed by atoms with Gasteiger partial charge in [-0.1, -0.05) is 41.0 Å². The third-order valence-corrected chi connectivity index (χ3v) is 9.66. The highest BCUT2D eigenvalue weighted by Crippen LogP contribution is 2.65. The fourth-order valence-electron chi connectivity index (χ4n) is 8.28. The average Bonchev–Trinajstić information content (AvgIpc) is 2.88. The van der Waals surface area contributed by atoms with Crippen LogP contribution in [-0.4, -0.2) is 0 Å². The molecule has 0 aromatic heterocycles. The van der Waals surface area contributed by atoms with Crippen molar-refractivity contribution in [1.29, 1.82) is 0 Å². The van der Waals surface area contributed by atoms with Crippen molar-refractivity contribution in [2.24, 2.45) is 52.3 Å². The van der Waals surface area contributed by atoms with E-state index < -0.39 is 0 Å². The highest BCUT2D eigenvalue weighted by Gasteiger charge is 2.56. The van der Waals surface area contributed by atoms with E-state index in [2.05, 4.69) is 34.6 Å². The highest BCUT2D eigenvalue weighted by atomic mass is 14.6. The van der Waals surface area contributed by atoms with E-state index in [0.29, 0.717) is 10.8 Å². The first-order valence-electron chi connectivity index (χ1n) is 11.8. The fraction of sp³-hybridized carbons (Fsp3) is 1.00. The van der Waals surface area contributed by atoms with Crippen LogP contribution in [0.3, 0.4) is 0 Å². The second-order valence-corrected chi connectivity index (χ2v) is 12.3. The first kappa shape index (κ1) is 18.4. The summed E-state index contributed by atoms with van der Waals surface area (Å²) >= 11 is 0. The fourth-order valence-corrected chi connectivity index (χ4v) is 8.28. The summed E-state index contributed by atoms with van der Waals surface area (Å²) in [4.78, 5) is 0. The van der Waals surface area contributed by atoms with Crippen LogP contribution in [0.5, 0.6) is 0 Å². The Bertz CT molecular complexity index is 471. The van der Waals surface area contributed by atoms with Crippen LogP contribution >= 0.6 is 0 Å². The molecule has 0 heterocycles. The van der Waals surface area contributed by atoms with Crippen LogP contribution < -0.4 is 0 Å². The summed E-state index contributed by atoms with van der Waals surface area (Å²) < 4.78 is 0. The van der Waals surface area contributed by atoms with Crippen molar-refractivity contribution in [1.82, 2.24) is 0 Å². The molecule has 4 fully saturated rings. The minimum atomic E-state index is 0.516. The summed E-state index contributed by atoms with van der Waals surface area (Å²) in [7, 11) is 0. The van der Waals surface area contributed by atoms with Crippen LogP contribution in [0.25, 0.3) is 0 Å². The lowest BCUT2D eigenvalue weighted by Crippen LogP contribution is -2.48. The van der Waals surface area contributed by atoms with Gasteiger partial charge in [-0.15, -0.1) is 0 Å². The molecular formula is C25H44. The lowest BCUT2D eigenvalue weighted by atomic mass is 9.49. The maximum atomic E-state index is 2.73. The van der Waals surface area contributed by atoms with Gasteiger partial charge in [-0.25, -0.2) is 0 Å². The van der Waals surface area contributed by atoms with Gasteiger partial charge in [-0.3, -0.25) is 0 Å². The summed E-state index contributed by atoms with van der Waals surface area (Å²) in [6.45, 7) is 12.5. The Hall–Kier alpha value is 0. The predicted molar refractivity (Wildman–Crippen MR) is 108 cm³/mol. The molecule has 4 rings (SSSR count). The van der Waals surface area contributed by atoms with Gasteiger partial charge in [0, 0.05) is 0 Å². The molecule has 0 aliphatic heterocycles. The van der Waals surface area contributed by atoms with Crippen LogP contribution in [0.2, 0.25) is 0 Å². The minimum absolute atomic E-state index is 0.516. The van der Waals surface area contributed by atoms with Gasteiger partial charge in [0.05, 0.1) is 0 Å². The molecular weight excluding hydrogens is 300 g/mol. The zero-order valence-corrected chi connectivity index (χ0v) is 17.8. The number of fused-ring (bicyclic) bond motifs is 5. The molecule has 0 amide bonds. The molecule has 0 aromatic carbocycles. The summed E-state index contributed by atoms with van der Waals surface area (Å²) in [5, 5.41) is 0. The van der Waals surface area contributed by atoms with Crippen LogP contribution in [0.15, 0.2) is 0 Å². The van der Waals surface area contributed by atoms with Gasteiger partial charge in [0.2, 0.25) is 0 Å². The van der Waals surface area contributed by atoms with Gasteiger partial charge in [0.15, 0.2) is 0 Å². The van der Waals surface area contributed by atoms with Gasteiger partial charge >= 0.3 is 0 Å². The monoisotopic (exact) mass is 344 g/mol. The standard InChI is InChI=1S/C25H44/c1-17-6-9-20-18(16-17)7-10-22-21(20)13-15-25(5)19(8-11-23(22)25)12-14-24(2,3)4/h17-23H,6-16H2,1-5H3. The van der Waals surface area contributed by atoms with E-state index in [-0.39, 0.29) is 0 Å². The van der Waals surface area contributed by atoms with Crippen LogP contribution in [-0.2, 0) is 0 Å².